The van der Waals surface area contributed by atoms with E-state index in [2.05, 4.69) is 17.1 Å². The third kappa shape index (κ3) is 6.46. The molecule has 0 fully saturated rings. The fourth-order valence-corrected chi connectivity index (χ4v) is 2.82. The van der Waals surface area contributed by atoms with Crippen LogP contribution in [0.15, 0.2) is 84.5 Å². The Hall–Kier alpha value is -4.59. The summed E-state index contributed by atoms with van der Waals surface area (Å²) in [6, 6.07) is 18.1. The highest BCUT2D eigenvalue weighted by atomic mass is 16.6. The van der Waals surface area contributed by atoms with Gasteiger partial charge in [0.1, 0.15) is 18.1 Å². The molecule has 0 spiro atoms. The lowest BCUT2D eigenvalue weighted by molar-refractivity contribution is 0.0729. The number of hydrazone groups is 1. The number of rotatable bonds is 10. The van der Waals surface area contributed by atoms with Crippen molar-refractivity contribution in [2.75, 3.05) is 20.8 Å². The van der Waals surface area contributed by atoms with Crippen LogP contribution < -0.4 is 24.4 Å². The van der Waals surface area contributed by atoms with E-state index < -0.39 is 5.97 Å². The van der Waals surface area contributed by atoms with Crippen molar-refractivity contribution in [3.8, 4) is 23.0 Å². The molecular weight excluding hydrogens is 436 g/mol. The number of carbonyl (C=O) groups is 2. The first-order valence-corrected chi connectivity index (χ1v) is 10.3. The van der Waals surface area contributed by atoms with Crippen LogP contribution in [0.25, 0.3) is 0 Å². The van der Waals surface area contributed by atoms with E-state index in [9.17, 15) is 9.59 Å². The molecule has 8 nitrogen and oxygen atoms in total. The second kappa shape index (κ2) is 11.9. The molecule has 0 aromatic heterocycles. The summed E-state index contributed by atoms with van der Waals surface area (Å²) in [5.41, 5.74) is 3.90. The first-order chi connectivity index (χ1) is 16.5. The maximum Gasteiger partial charge on any atom is 0.343 e. The molecule has 0 aliphatic heterocycles. The summed E-state index contributed by atoms with van der Waals surface area (Å²) < 4.78 is 21.3. The minimum Gasteiger partial charge on any atom is -0.497 e. The van der Waals surface area contributed by atoms with Gasteiger partial charge in [0.2, 0.25) is 0 Å². The first kappa shape index (κ1) is 24.1. The summed E-state index contributed by atoms with van der Waals surface area (Å²) in [6.45, 7) is 3.98. The Bertz CT molecular complexity index is 1170. The van der Waals surface area contributed by atoms with Gasteiger partial charge in [0.25, 0.3) is 5.91 Å². The number of benzene rings is 3. The van der Waals surface area contributed by atoms with Crippen LogP contribution >= 0.6 is 0 Å². The van der Waals surface area contributed by atoms with Crippen molar-refractivity contribution in [3.05, 3.63) is 96.1 Å². The predicted molar refractivity (Wildman–Crippen MR) is 128 cm³/mol. The van der Waals surface area contributed by atoms with Crippen molar-refractivity contribution in [1.82, 2.24) is 5.43 Å². The van der Waals surface area contributed by atoms with Crippen LogP contribution in [0.3, 0.4) is 0 Å². The van der Waals surface area contributed by atoms with Crippen LogP contribution in [0.2, 0.25) is 0 Å². The third-order valence-corrected chi connectivity index (χ3v) is 4.58. The van der Waals surface area contributed by atoms with Gasteiger partial charge in [-0.3, -0.25) is 4.79 Å². The Kier molecular flexibility index (Phi) is 8.40. The molecule has 0 unspecified atom stereocenters. The van der Waals surface area contributed by atoms with Gasteiger partial charge in [-0.2, -0.15) is 5.10 Å². The lowest BCUT2D eigenvalue weighted by Crippen LogP contribution is -2.17. The molecule has 0 bridgehead atoms. The summed E-state index contributed by atoms with van der Waals surface area (Å²) in [5, 5.41) is 3.98. The molecule has 3 aromatic rings. The number of nitrogens with zero attached hydrogens (tertiary/aromatic N) is 1. The zero-order valence-electron chi connectivity index (χ0n) is 18.8. The van der Waals surface area contributed by atoms with E-state index in [1.165, 1.54) is 13.3 Å². The van der Waals surface area contributed by atoms with E-state index in [-0.39, 0.29) is 11.7 Å². The van der Waals surface area contributed by atoms with E-state index in [1.807, 2.05) is 0 Å². The number of hydrogen-bond acceptors (Lipinski definition) is 7. The van der Waals surface area contributed by atoms with E-state index in [0.717, 1.165) is 0 Å². The Balaban J connectivity index is 1.61. The monoisotopic (exact) mass is 460 g/mol. The number of ether oxygens (including phenoxy) is 4. The van der Waals surface area contributed by atoms with Gasteiger partial charge in [-0.1, -0.05) is 12.7 Å². The number of hydrogen-bond donors (Lipinski definition) is 1. The zero-order chi connectivity index (χ0) is 24.3. The molecule has 0 atom stereocenters. The second-order valence-electron chi connectivity index (χ2n) is 6.85. The molecule has 174 valence electrons. The molecule has 0 saturated carbocycles. The lowest BCUT2D eigenvalue weighted by atomic mass is 10.2. The van der Waals surface area contributed by atoms with Gasteiger partial charge < -0.3 is 18.9 Å². The van der Waals surface area contributed by atoms with Crippen molar-refractivity contribution in [3.63, 3.8) is 0 Å². The van der Waals surface area contributed by atoms with E-state index in [1.54, 1.807) is 79.9 Å². The number of esters is 1. The van der Waals surface area contributed by atoms with E-state index in [4.69, 9.17) is 18.9 Å². The summed E-state index contributed by atoms with van der Waals surface area (Å²) >= 11 is 0. The fraction of sp³-hybridized carbons (Fsp3) is 0.115. The Morgan fingerprint density at radius 2 is 1.56 bits per heavy atom. The second-order valence-corrected chi connectivity index (χ2v) is 6.85. The lowest BCUT2D eigenvalue weighted by Gasteiger charge is -2.10. The van der Waals surface area contributed by atoms with E-state index >= 15 is 0 Å². The maximum atomic E-state index is 12.4. The van der Waals surface area contributed by atoms with E-state index in [0.29, 0.717) is 40.5 Å². The van der Waals surface area contributed by atoms with Gasteiger partial charge in [0, 0.05) is 5.56 Å². The van der Waals surface area contributed by atoms with Crippen LogP contribution in [0, 0.1) is 0 Å². The van der Waals surface area contributed by atoms with Gasteiger partial charge in [-0.15, -0.1) is 0 Å². The summed E-state index contributed by atoms with van der Waals surface area (Å²) in [7, 11) is 3.01. The number of methoxy groups -OCH3 is 2. The molecule has 0 radical (unpaired) electrons. The molecule has 0 heterocycles. The molecule has 3 rings (SSSR count). The molecule has 3 aromatic carbocycles. The Morgan fingerprint density at radius 3 is 2.21 bits per heavy atom. The molecule has 34 heavy (non-hydrogen) atoms. The fourth-order valence-electron chi connectivity index (χ4n) is 2.82. The average molecular weight is 460 g/mol. The molecule has 8 heteroatoms. The molecule has 0 saturated heterocycles. The quantitative estimate of drug-likeness (QED) is 0.160. The zero-order valence-corrected chi connectivity index (χ0v) is 18.8. The van der Waals surface area contributed by atoms with Crippen molar-refractivity contribution >= 4 is 18.1 Å². The smallest absolute Gasteiger partial charge is 0.343 e. The standard InChI is InChI=1S/C26H24N2O6/c1-4-15-33-22-12-6-19(7-13-22)25(29)28-27-17-18-5-14-23(24(16-18)32-3)34-26(30)20-8-10-21(31-2)11-9-20/h4-14,16-17H,1,15H2,2-3H3,(H,28,29)/b27-17+. The largest absolute Gasteiger partial charge is 0.497 e. The third-order valence-electron chi connectivity index (χ3n) is 4.58. The first-order valence-electron chi connectivity index (χ1n) is 10.3. The molecular formula is C26H24N2O6. The van der Waals surface area contributed by atoms with Gasteiger partial charge in [0.15, 0.2) is 11.5 Å². The molecule has 0 aliphatic rings. The van der Waals surface area contributed by atoms with Crippen LogP contribution in [0.1, 0.15) is 26.3 Å². The Labute approximate surface area is 197 Å². The summed E-state index contributed by atoms with van der Waals surface area (Å²) in [4.78, 5) is 24.7. The molecule has 1 N–H and O–H groups in total. The highest BCUT2D eigenvalue weighted by Gasteiger charge is 2.13. The maximum absolute atomic E-state index is 12.4. The van der Waals surface area contributed by atoms with Gasteiger partial charge in [0.05, 0.1) is 26.0 Å². The topological polar surface area (TPSA) is 95.5 Å². The van der Waals surface area contributed by atoms with Crippen molar-refractivity contribution < 1.29 is 28.5 Å². The Morgan fingerprint density at radius 1 is 0.882 bits per heavy atom. The van der Waals surface area contributed by atoms with Crippen LogP contribution in [-0.4, -0.2) is 38.9 Å². The van der Waals surface area contributed by atoms with Crippen LogP contribution in [0.5, 0.6) is 23.0 Å². The van der Waals surface area contributed by atoms with Crippen LogP contribution in [0.4, 0.5) is 0 Å². The number of nitrogens with one attached hydrogen (secondary N) is 1. The molecule has 1 amide bonds. The van der Waals surface area contributed by atoms with Gasteiger partial charge >= 0.3 is 5.97 Å². The number of carbonyl (C=O) groups excluding carboxylic acids is 2. The van der Waals surface area contributed by atoms with Crippen molar-refractivity contribution in [2.45, 2.75) is 0 Å². The normalized spacial score (nSPS) is 10.4. The number of amides is 1. The summed E-state index contributed by atoms with van der Waals surface area (Å²) in [6.07, 6.45) is 3.10. The highest BCUT2D eigenvalue weighted by Crippen LogP contribution is 2.28. The predicted octanol–water partition coefficient (Wildman–Crippen LogP) is 4.25. The minimum atomic E-state index is -0.532. The highest BCUT2D eigenvalue weighted by molar-refractivity contribution is 5.95. The van der Waals surface area contributed by atoms with Crippen molar-refractivity contribution in [1.29, 1.82) is 0 Å². The van der Waals surface area contributed by atoms with Gasteiger partial charge in [-0.05, 0) is 72.3 Å². The minimum absolute atomic E-state index is 0.253. The summed E-state index contributed by atoms with van der Waals surface area (Å²) in [5.74, 6) is 0.967. The van der Waals surface area contributed by atoms with Crippen LogP contribution in [-0.2, 0) is 0 Å². The SMILES string of the molecule is C=CCOc1ccc(C(=O)N/N=C/c2ccc(OC(=O)c3ccc(OC)cc3)c(OC)c2)cc1. The van der Waals surface area contributed by atoms with Crippen molar-refractivity contribution in [2.24, 2.45) is 5.10 Å². The molecule has 0 aliphatic carbocycles. The van der Waals surface area contributed by atoms with Gasteiger partial charge in [-0.25, -0.2) is 10.2 Å². The average Bonchev–Trinajstić information content (AvgIpc) is 2.88.